The first-order valence-electron chi connectivity index (χ1n) is 4.37. The van der Waals surface area contributed by atoms with Crippen LogP contribution < -0.4 is 0 Å². The number of esters is 1. The van der Waals surface area contributed by atoms with Gasteiger partial charge in [-0.2, -0.15) is 0 Å². The maximum atomic E-state index is 11.4. The van der Waals surface area contributed by atoms with E-state index < -0.39 is 0 Å². The fourth-order valence-electron chi connectivity index (χ4n) is 1.51. The van der Waals surface area contributed by atoms with Gasteiger partial charge in [-0.3, -0.25) is 4.79 Å². The number of hydrogen-bond acceptors (Lipinski definition) is 3. The summed E-state index contributed by atoms with van der Waals surface area (Å²) in [6.07, 6.45) is 3.14. The molecule has 12 heavy (non-hydrogen) atoms. The quantitative estimate of drug-likeness (QED) is 0.635. The minimum Gasteiger partial charge on any atom is -0.468 e. The molecule has 0 spiro atoms. The van der Waals surface area contributed by atoms with Gasteiger partial charge in [0.25, 0.3) is 0 Å². The molecule has 0 heterocycles. The molecule has 0 radical (unpaired) electrons. The van der Waals surface area contributed by atoms with E-state index in [1.165, 1.54) is 7.11 Å². The van der Waals surface area contributed by atoms with Crippen molar-refractivity contribution in [3.63, 3.8) is 0 Å². The molecule has 0 unspecified atom stereocenters. The zero-order valence-electron chi connectivity index (χ0n) is 7.92. The number of rotatable bonds is 3. The lowest BCUT2D eigenvalue weighted by Crippen LogP contribution is -2.43. The Balaban J connectivity index is 2.56. The molecule has 3 heteroatoms. The van der Waals surface area contributed by atoms with Crippen molar-refractivity contribution in [1.29, 1.82) is 0 Å². The third-order valence-corrected chi connectivity index (χ3v) is 3.68. The van der Waals surface area contributed by atoms with E-state index in [1.807, 2.05) is 0 Å². The molecule has 0 bridgehead atoms. The summed E-state index contributed by atoms with van der Waals surface area (Å²) in [6, 6.07) is 0. The van der Waals surface area contributed by atoms with Gasteiger partial charge in [0.05, 0.1) is 7.11 Å². The van der Waals surface area contributed by atoms with Crippen LogP contribution in [0, 0.1) is 0 Å². The van der Waals surface area contributed by atoms with Gasteiger partial charge in [-0.25, -0.2) is 0 Å². The number of ether oxygens (including phenoxy) is 1. The van der Waals surface area contributed by atoms with Crippen molar-refractivity contribution >= 4 is 17.7 Å². The van der Waals surface area contributed by atoms with E-state index in [2.05, 4.69) is 13.8 Å². The lowest BCUT2D eigenvalue weighted by Gasteiger charge is -2.39. The standard InChI is InChI=1S/C9H16O2S/c1-7(2)12-9(5-4-6-9)8(10)11-3/h7H,4-6H2,1-3H3. The number of carbonyl (C=O) groups is 1. The highest BCUT2D eigenvalue weighted by Crippen LogP contribution is 2.46. The summed E-state index contributed by atoms with van der Waals surface area (Å²) in [7, 11) is 1.48. The third-order valence-electron chi connectivity index (χ3n) is 2.18. The number of carbonyl (C=O) groups excluding carboxylic acids is 1. The zero-order valence-corrected chi connectivity index (χ0v) is 8.74. The lowest BCUT2D eigenvalue weighted by atomic mass is 9.84. The van der Waals surface area contributed by atoms with Gasteiger partial charge >= 0.3 is 5.97 Å². The summed E-state index contributed by atoms with van der Waals surface area (Å²) in [5.74, 6) is -0.0348. The molecule has 0 aromatic rings. The fraction of sp³-hybridized carbons (Fsp3) is 0.889. The van der Waals surface area contributed by atoms with E-state index in [4.69, 9.17) is 4.74 Å². The Morgan fingerprint density at radius 2 is 2.08 bits per heavy atom. The van der Waals surface area contributed by atoms with Crippen LogP contribution >= 0.6 is 11.8 Å². The van der Waals surface area contributed by atoms with E-state index in [-0.39, 0.29) is 10.7 Å². The molecule has 1 aliphatic rings. The van der Waals surface area contributed by atoms with Gasteiger partial charge in [0.15, 0.2) is 0 Å². The van der Waals surface area contributed by atoms with Crippen molar-refractivity contribution in [1.82, 2.24) is 0 Å². The second kappa shape index (κ2) is 3.69. The average molecular weight is 188 g/mol. The minimum absolute atomic E-state index is 0.0348. The molecule has 1 fully saturated rings. The fourth-order valence-corrected chi connectivity index (χ4v) is 3.11. The number of hydrogen-bond donors (Lipinski definition) is 0. The molecule has 0 saturated heterocycles. The zero-order chi connectivity index (χ0) is 9.19. The van der Waals surface area contributed by atoms with Crippen molar-refractivity contribution in [3.8, 4) is 0 Å². The largest absolute Gasteiger partial charge is 0.468 e. The first kappa shape index (κ1) is 9.90. The first-order chi connectivity index (χ1) is 5.60. The lowest BCUT2D eigenvalue weighted by molar-refractivity contribution is -0.145. The van der Waals surface area contributed by atoms with E-state index in [9.17, 15) is 4.79 Å². The minimum atomic E-state index is -0.192. The van der Waals surface area contributed by atoms with Crippen LogP contribution in [0.15, 0.2) is 0 Å². The smallest absolute Gasteiger partial charge is 0.321 e. The van der Waals surface area contributed by atoms with Crippen LogP contribution in [0.4, 0.5) is 0 Å². The summed E-state index contributed by atoms with van der Waals surface area (Å²) >= 11 is 1.75. The Kier molecular flexibility index (Phi) is 3.04. The summed E-state index contributed by atoms with van der Waals surface area (Å²) in [4.78, 5) is 11.4. The molecule has 1 rings (SSSR count). The van der Waals surface area contributed by atoms with E-state index >= 15 is 0 Å². The Hall–Kier alpha value is -0.180. The Labute approximate surface area is 78.1 Å². The SMILES string of the molecule is COC(=O)C1(SC(C)C)CCC1. The molecule has 0 aromatic heterocycles. The maximum Gasteiger partial charge on any atom is 0.321 e. The van der Waals surface area contributed by atoms with Crippen LogP contribution in [0.5, 0.6) is 0 Å². The topological polar surface area (TPSA) is 26.3 Å². The Morgan fingerprint density at radius 1 is 1.50 bits per heavy atom. The molecule has 1 saturated carbocycles. The van der Waals surface area contributed by atoms with Crippen molar-refractivity contribution in [2.75, 3.05) is 7.11 Å². The predicted octanol–water partition coefficient (Wildman–Crippen LogP) is 2.22. The van der Waals surface area contributed by atoms with Gasteiger partial charge in [0, 0.05) is 5.25 Å². The molecule has 0 aliphatic heterocycles. The Morgan fingerprint density at radius 3 is 2.33 bits per heavy atom. The van der Waals surface area contributed by atoms with Crippen LogP contribution in [0.25, 0.3) is 0 Å². The highest BCUT2D eigenvalue weighted by Gasteiger charge is 2.46. The third kappa shape index (κ3) is 1.76. The molecule has 1 aliphatic carbocycles. The van der Waals surface area contributed by atoms with Crippen molar-refractivity contribution in [3.05, 3.63) is 0 Å². The maximum absolute atomic E-state index is 11.4. The van der Waals surface area contributed by atoms with Crippen LogP contribution in [-0.4, -0.2) is 23.1 Å². The predicted molar refractivity (Wildman–Crippen MR) is 51.3 cm³/mol. The van der Waals surface area contributed by atoms with Crippen LogP contribution in [0.2, 0.25) is 0 Å². The molecule has 0 aromatic carbocycles. The van der Waals surface area contributed by atoms with Crippen LogP contribution in [-0.2, 0) is 9.53 Å². The number of methoxy groups -OCH3 is 1. The van der Waals surface area contributed by atoms with Crippen molar-refractivity contribution in [2.24, 2.45) is 0 Å². The second-order valence-corrected chi connectivity index (χ2v) is 5.47. The molecule has 70 valence electrons. The summed E-state index contributed by atoms with van der Waals surface area (Å²) < 4.78 is 4.61. The molecule has 0 N–H and O–H groups in total. The first-order valence-corrected chi connectivity index (χ1v) is 5.25. The Bertz CT molecular complexity index is 173. The van der Waals surface area contributed by atoms with Gasteiger partial charge in [-0.1, -0.05) is 13.8 Å². The van der Waals surface area contributed by atoms with Crippen molar-refractivity contribution in [2.45, 2.75) is 43.1 Å². The molecule has 0 atom stereocenters. The molecule has 0 amide bonds. The van der Waals surface area contributed by atoms with Crippen molar-refractivity contribution < 1.29 is 9.53 Å². The second-order valence-electron chi connectivity index (χ2n) is 3.51. The van der Waals surface area contributed by atoms with Gasteiger partial charge in [0.1, 0.15) is 4.75 Å². The van der Waals surface area contributed by atoms with E-state index in [0.29, 0.717) is 5.25 Å². The molecular formula is C9H16O2S. The van der Waals surface area contributed by atoms with E-state index in [0.717, 1.165) is 19.3 Å². The summed E-state index contributed by atoms with van der Waals surface area (Å²) in [5, 5.41) is 0.504. The monoisotopic (exact) mass is 188 g/mol. The van der Waals surface area contributed by atoms with Crippen LogP contribution in [0.3, 0.4) is 0 Å². The molecular weight excluding hydrogens is 172 g/mol. The van der Waals surface area contributed by atoms with Gasteiger partial charge < -0.3 is 4.74 Å². The van der Waals surface area contributed by atoms with Gasteiger partial charge in [0.2, 0.25) is 0 Å². The highest BCUT2D eigenvalue weighted by molar-refractivity contribution is 8.02. The van der Waals surface area contributed by atoms with Gasteiger partial charge in [-0.15, -0.1) is 11.8 Å². The van der Waals surface area contributed by atoms with Crippen LogP contribution in [0.1, 0.15) is 33.1 Å². The normalized spacial score (nSPS) is 20.3. The summed E-state index contributed by atoms with van der Waals surface area (Å²) in [5.41, 5.74) is 0. The number of thioether (sulfide) groups is 1. The van der Waals surface area contributed by atoms with Gasteiger partial charge in [-0.05, 0) is 19.3 Å². The summed E-state index contributed by atoms with van der Waals surface area (Å²) in [6.45, 7) is 4.24. The average Bonchev–Trinajstić information content (AvgIpc) is 1.95. The molecule has 2 nitrogen and oxygen atoms in total. The highest BCUT2D eigenvalue weighted by atomic mass is 32.2. The van der Waals surface area contributed by atoms with E-state index in [1.54, 1.807) is 11.8 Å².